The van der Waals surface area contributed by atoms with E-state index < -0.39 is 0 Å². The molecule has 6 heteroatoms. The van der Waals surface area contributed by atoms with Crippen LogP contribution < -0.4 is 25.8 Å². The first-order valence-corrected chi connectivity index (χ1v) is 13.8. The third-order valence-corrected chi connectivity index (χ3v) is 7.46. The molecule has 6 nitrogen and oxygen atoms in total. The van der Waals surface area contributed by atoms with Gasteiger partial charge < -0.3 is 25.8 Å². The Bertz CT molecular complexity index is 1300. The lowest BCUT2D eigenvalue weighted by molar-refractivity contribution is -0.110. The number of rotatable bonds is 9. The van der Waals surface area contributed by atoms with Crippen LogP contribution in [-0.2, 0) is 4.79 Å². The topological polar surface area (TPSA) is 85.6 Å². The van der Waals surface area contributed by atoms with Crippen molar-refractivity contribution in [3.8, 4) is 11.5 Å². The van der Waals surface area contributed by atoms with Crippen molar-refractivity contribution in [3.63, 3.8) is 0 Å². The highest BCUT2D eigenvalue weighted by atomic mass is 16.5. The molecule has 0 radical (unpaired) electrons. The van der Waals surface area contributed by atoms with Crippen molar-refractivity contribution in [3.05, 3.63) is 83.4 Å². The zero-order valence-electron chi connectivity index (χ0n) is 22.3. The zero-order chi connectivity index (χ0) is 26.5. The van der Waals surface area contributed by atoms with Gasteiger partial charge in [0.25, 0.3) is 5.91 Å². The summed E-state index contributed by atoms with van der Waals surface area (Å²) in [5.41, 5.74) is 12.4. The van der Waals surface area contributed by atoms with Gasteiger partial charge >= 0.3 is 0 Å². The summed E-state index contributed by atoms with van der Waals surface area (Å²) in [6, 6.07) is 22.1. The number of ether oxygens (including phenoxy) is 2. The van der Waals surface area contributed by atoms with Gasteiger partial charge in [-0.25, -0.2) is 0 Å². The lowest BCUT2D eigenvalue weighted by atomic mass is 9.81. The van der Waals surface area contributed by atoms with E-state index in [1.54, 1.807) is 0 Å². The number of anilines is 2. The van der Waals surface area contributed by atoms with E-state index >= 15 is 0 Å². The molecule has 1 fully saturated rings. The summed E-state index contributed by atoms with van der Waals surface area (Å²) in [4.78, 5) is 13.4. The first-order chi connectivity index (χ1) is 18.6. The Morgan fingerprint density at radius 2 is 1.61 bits per heavy atom. The van der Waals surface area contributed by atoms with Crippen molar-refractivity contribution < 1.29 is 14.3 Å². The van der Waals surface area contributed by atoms with Gasteiger partial charge in [-0.2, -0.15) is 0 Å². The van der Waals surface area contributed by atoms with E-state index in [0.717, 1.165) is 28.1 Å². The SMILES string of the molecule is CCOc1cc2c(cc1OCC)/C(=C(/Nc1ccc(C(N)C3CCCCC3)cc1)c1ccccc1)C(=O)N2. The number of amides is 1. The van der Waals surface area contributed by atoms with Gasteiger partial charge in [-0.1, -0.05) is 61.7 Å². The molecule has 3 aromatic carbocycles. The molecule has 1 saturated carbocycles. The van der Waals surface area contributed by atoms with E-state index in [2.05, 4.69) is 34.9 Å². The van der Waals surface area contributed by atoms with Crippen molar-refractivity contribution in [2.45, 2.75) is 52.0 Å². The zero-order valence-corrected chi connectivity index (χ0v) is 22.3. The lowest BCUT2D eigenvalue weighted by Crippen LogP contribution is -2.23. The predicted octanol–water partition coefficient (Wildman–Crippen LogP) is 7.00. The molecule has 1 atom stereocenters. The minimum absolute atomic E-state index is 0.0558. The number of hydrogen-bond donors (Lipinski definition) is 3. The van der Waals surface area contributed by atoms with Gasteiger partial charge in [-0.3, -0.25) is 4.79 Å². The van der Waals surface area contributed by atoms with Crippen LogP contribution in [0.15, 0.2) is 66.7 Å². The Balaban J connectivity index is 1.52. The van der Waals surface area contributed by atoms with Crippen LogP contribution in [0, 0.1) is 5.92 Å². The molecule has 1 aliphatic carbocycles. The normalized spacial score (nSPS) is 17.4. The Labute approximate surface area is 225 Å². The summed E-state index contributed by atoms with van der Waals surface area (Å²) in [6.45, 7) is 4.87. The first-order valence-electron chi connectivity index (χ1n) is 13.8. The minimum atomic E-state index is -0.168. The van der Waals surface area contributed by atoms with Gasteiger partial charge in [0.1, 0.15) is 0 Å². The maximum atomic E-state index is 13.4. The second-order valence-corrected chi connectivity index (χ2v) is 9.95. The fourth-order valence-corrected chi connectivity index (χ4v) is 5.54. The van der Waals surface area contributed by atoms with Gasteiger partial charge in [0.2, 0.25) is 0 Å². The summed E-state index contributed by atoms with van der Waals surface area (Å²) in [5, 5.41) is 6.57. The second-order valence-electron chi connectivity index (χ2n) is 9.95. The summed E-state index contributed by atoms with van der Waals surface area (Å²) < 4.78 is 11.7. The van der Waals surface area contributed by atoms with Crippen LogP contribution in [0.4, 0.5) is 11.4 Å². The quantitative estimate of drug-likeness (QED) is 0.269. The fourth-order valence-electron chi connectivity index (χ4n) is 5.54. The molecule has 0 saturated heterocycles. The minimum Gasteiger partial charge on any atom is -0.490 e. The number of nitrogens with two attached hydrogens (primary N) is 1. The van der Waals surface area contributed by atoms with Crippen LogP contribution in [0.25, 0.3) is 11.3 Å². The van der Waals surface area contributed by atoms with Gasteiger partial charge in [-0.05, 0) is 61.9 Å². The van der Waals surface area contributed by atoms with Gasteiger partial charge in [0.05, 0.1) is 30.2 Å². The number of carbonyl (C=O) groups excluding carboxylic acids is 1. The van der Waals surface area contributed by atoms with Crippen molar-refractivity contribution in [1.29, 1.82) is 0 Å². The lowest BCUT2D eigenvalue weighted by Gasteiger charge is -2.28. The summed E-state index contributed by atoms with van der Waals surface area (Å²) in [7, 11) is 0. The largest absolute Gasteiger partial charge is 0.490 e. The smallest absolute Gasteiger partial charge is 0.258 e. The van der Waals surface area contributed by atoms with Crippen LogP contribution in [0.3, 0.4) is 0 Å². The van der Waals surface area contributed by atoms with Crippen molar-refractivity contribution >= 4 is 28.6 Å². The van der Waals surface area contributed by atoms with Crippen LogP contribution in [-0.4, -0.2) is 19.1 Å². The molecule has 198 valence electrons. The Morgan fingerprint density at radius 1 is 0.947 bits per heavy atom. The molecule has 3 aromatic rings. The van der Waals surface area contributed by atoms with E-state index in [0.29, 0.717) is 41.9 Å². The maximum absolute atomic E-state index is 13.4. The predicted molar refractivity (Wildman–Crippen MR) is 154 cm³/mol. The second kappa shape index (κ2) is 11.7. The molecule has 2 aliphatic rings. The van der Waals surface area contributed by atoms with E-state index in [-0.39, 0.29) is 11.9 Å². The third kappa shape index (κ3) is 5.41. The van der Waals surface area contributed by atoms with Crippen LogP contribution in [0.5, 0.6) is 11.5 Å². The third-order valence-electron chi connectivity index (χ3n) is 7.46. The number of fused-ring (bicyclic) bond motifs is 1. The molecular weight excluding hydrogens is 474 g/mol. The molecule has 1 amide bonds. The molecule has 0 spiro atoms. The summed E-state index contributed by atoms with van der Waals surface area (Å²) >= 11 is 0. The summed E-state index contributed by atoms with van der Waals surface area (Å²) in [5.74, 6) is 1.62. The van der Waals surface area contributed by atoms with Gasteiger partial charge in [0, 0.05) is 23.4 Å². The molecular formula is C32H37N3O3. The van der Waals surface area contributed by atoms with E-state index in [1.807, 2.05) is 56.3 Å². The Morgan fingerprint density at radius 3 is 2.26 bits per heavy atom. The number of nitrogens with one attached hydrogen (secondary N) is 2. The van der Waals surface area contributed by atoms with Crippen molar-refractivity contribution in [2.75, 3.05) is 23.8 Å². The maximum Gasteiger partial charge on any atom is 0.258 e. The molecule has 1 unspecified atom stereocenters. The number of benzene rings is 3. The summed E-state index contributed by atoms with van der Waals surface area (Å²) in [6.07, 6.45) is 6.27. The molecule has 0 bridgehead atoms. The Hall–Kier alpha value is -3.77. The average Bonchev–Trinajstić information content (AvgIpc) is 3.27. The standard InChI is InChI=1S/C32H37N3O3/c1-3-37-27-19-25-26(20-28(27)38-4-2)35-32(36)29(25)31(23-13-9-6-10-14-23)34-24-17-15-22(16-18-24)30(33)21-11-7-5-8-12-21/h6,9-10,13-21,30,34H,3-5,7-8,11-12,33H2,1-2H3,(H,35,36)/b31-29-. The molecule has 5 rings (SSSR count). The van der Waals surface area contributed by atoms with Crippen LogP contribution in [0.2, 0.25) is 0 Å². The molecule has 1 heterocycles. The van der Waals surface area contributed by atoms with Gasteiger partial charge in [0.15, 0.2) is 11.5 Å². The monoisotopic (exact) mass is 511 g/mol. The molecule has 38 heavy (non-hydrogen) atoms. The van der Waals surface area contributed by atoms with E-state index in [4.69, 9.17) is 15.2 Å². The number of hydrogen-bond acceptors (Lipinski definition) is 5. The molecule has 1 aliphatic heterocycles. The highest BCUT2D eigenvalue weighted by Gasteiger charge is 2.31. The number of carbonyl (C=O) groups is 1. The first kappa shape index (κ1) is 25.9. The molecule has 0 aromatic heterocycles. The van der Waals surface area contributed by atoms with Crippen molar-refractivity contribution in [1.82, 2.24) is 0 Å². The Kier molecular flexibility index (Phi) is 7.99. The highest BCUT2D eigenvalue weighted by molar-refractivity contribution is 6.37. The average molecular weight is 512 g/mol. The van der Waals surface area contributed by atoms with E-state index in [1.165, 1.54) is 32.1 Å². The van der Waals surface area contributed by atoms with E-state index in [9.17, 15) is 4.79 Å². The van der Waals surface area contributed by atoms with Gasteiger partial charge in [-0.15, -0.1) is 0 Å². The highest BCUT2D eigenvalue weighted by Crippen LogP contribution is 2.43. The van der Waals surface area contributed by atoms with Crippen LogP contribution >= 0.6 is 0 Å². The fraction of sp³-hybridized carbons (Fsp3) is 0.344. The van der Waals surface area contributed by atoms with Crippen molar-refractivity contribution in [2.24, 2.45) is 11.7 Å². The van der Waals surface area contributed by atoms with Crippen LogP contribution in [0.1, 0.15) is 68.7 Å². The molecule has 4 N–H and O–H groups in total.